The lowest BCUT2D eigenvalue weighted by Gasteiger charge is -2.44. The number of aryl methyl sites for hydroxylation is 1. The third-order valence-electron chi connectivity index (χ3n) is 4.26. The molecule has 0 aliphatic carbocycles. The summed E-state index contributed by atoms with van der Waals surface area (Å²) in [7, 11) is 0. The fourth-order valence-electron chi connectivity index (χ4n) is 3.14. The summed E-state index contributed by atoms with van der Waals surface area (Å²) in [4.78, 5) is 2.64. The summed E-state index contributed by atoms with van der Waals surface area (Å²) in [5.74, 6) is 0.676. The van der Waals surface area contributed by atoms with E-state index in [0.29, 0.717) is 18.0 Å². The molecule has 2 rings (SSSR count). The van der Waals surface area contributed by atoms with E-state index in [1.165, 1.54) is 24.1 Å². The van der Waals surface area contributed by atoms with Gasteiger partial charge in [0.25, 0.3) is 0 Å². The van der Waals surface area contributed by atoms with Crippen molar-refractivity contribution in [2.45, 2.75) is 52.6 Å². The highest BCUT2D eigenvalue weighted by Gasteiger charge is 2.30. The summed E-state index contributed by atoms with van der Waals surface area (Å²) in [5.41, 5.74) is 2.81. The van der Waals surface area contributed by atoms with Gasteiger partial charge in [0.05, 0.1) is 0 Å². The number of nitrogens with one attached hydrogen (secondary N) is 1. The molecule has 19 heavy (non-hydrogen) atoms. The van der Waals surface area contributed by atoms with Crippen molar-refractivity contribution in [1.29, 1.82) is 0 Å². The second-order valence-electron chi connectivity index (χ2n) is 6.14. The van der Waals surface area contributed by atoms with Gasteiger partial charge in [0.2, 0.25) is 0 Å². The normalized spacial score (nSPS) is 23.9. The Balaban J connectivity index is 2.23. The molecule has 0 amide bonds. The highest BCUT2D eigenvalue weighted by Crippen LogP contribution is 2.27. The standard InChI is InChI=1S/C17H28N2/c1-5-8-15-12-19(17(11-18-15)13(2)3)16-10-7-6-9-14(16)4/h6-7,9-10,13,15,17-18H,5,8,11-12H2,1-4H3. The maximum Gasteiger partial charge on any atom is 0.0438 e. The minimum atomic E-state index is 0.606. The first-order valence-corrected chi connectivity index (χ1v) is 7.69. The Hall–Kier alpha value is -1.02. The van der Waals surface area contributed by atoms with E-state index in [1.807, 2.05) is 0 Å². The number of nitrogens with zero attached hydrogens (tertiary/aromatic N) is 1. The van der Waals surface area contributed by atoms with Gasteiger partial charge >= 0.3 is 0 Å². The molecule has 1 heterocycles. The first-order valence-electron chi connectivity index (χ1n) is 7.69. The Bertz CT molecular complexity index is 400. The molecular formula is C17H28N2. The Morgan fingerprint density at radius 2 is 2.05 bits per heavy atom. The summed E-state index contributed by atoms with van der Waals surface area (Å²) in [6, 6.07) is 10.0. The smallest absolute Gasteiger partial charge is 0.0438 e. The zero-order valence-corrected chi connectivity index (χ0v) is 12.8. The summed E-state index contributed by atoms with van der Waals surface area (Å²) < 4.78 is 0. The molecule has 1 saturated heterocycles. The van der Waals surface area contributed by atoms with Gasteiger partial charge < -0.3 is 10.2 Å². The van der Waals surface area contributed by atoms with Crippen LogP contribution in [0.5, 0.6) is 0 Å². The van der Waals surface area contributed by atoms with Crippen molar-refractivity contribution in [1.82, 2.24) is 5.32 Å². The number of benzene rings is 1. The van der Waals surface area contributed by atoms with Crippen LogP contribution in [0.3, 0.4) is 0 Å². The fraction of sp³-hybridized carbons (Fsp3) is 0.647. The van der Waals surface area contributed by atoms with Crippen molar-refractivity contribution in [2.24, 2.45) is 5.92 Å². The number of hydrogen-bond donors (Lipinski definition) is 1. The highest BCUT2D eigenvalue weighted by atomic mass is 15.2. The molecule has 1 aromatic carbocycles. The third kappa shape index (κ3) is 3.30. The number of hydrogen-bond acceptors (Lipinski definition) is 2. The second kappa shape index (κ2) is 6.42. The quantitative estimate of drug-likeness (QED) is 0.890. The molecule has 1 fully saturated rings. The maximum absolute atomic E-state index is 3.73. The van der Waals surface area contributed by atoms with Gasteiger partial charge in [-0.3, -0.25) is 0 Å². The molecule has 106 valence electrons. The van der Waals surface area contributed by atoms with E-state index < -0.39 is 0 Å². The first-order chi connectivity index (χ1) is 9.13. The Labute approximate surface area is 118 Å². The zero-order chi connectivity index (χ0) is 13.8. The molecule has 1 N–H and O–H groups in total. The van der Waals surface area contributed by atoms with E-state index in [2.05, 4.69) is 62.2 Å². The van der Waals surface area contributed by atoms with Gasteiger partial charge in [-0.2, -0.15) is 0 Å². The van der Waals surface area contributed by atoms with E-state index in [-0.39, 0.29) is 0 Å². The fourth-order valence-corrected chi connectivity index (χ4v) is 3.14. The summed E-state index contributed by atoms with van der Waals surface area (Å²) in [6.07, 6.45) is 2.53. The van der Waals surface area contributed by atoms with Crippen molar-refractivity contribution in [2.75, 3.05) is 18.0 Å². The second-order valence-corrected chi connectivity index (χ2v) is 6.14. The van der Waals surface area contributed by atoms with Crippen molar-refractivity contribution < 1.29 is 0 Å². The van der Waals surface area contributed by atoms with Crippen LogP contribution in [-0.4, -0.2) is 25.2 Å². The molecule has 1 aliphatic heterocycles. The largest absolute Gasteiger partial charge is 0.365 e. The highest BCUT2D eigenvalue weighted by molar-refractivity contribution is 5.54. The molecular weight excluding hydrogens is 232 g/mol. The van der Waals surface area contributed by atoms with Crippen LogP contribution in [0.4, 0.5) is 5.69 Å². The molecule has 0 spiro atoms. The molecule has 1 aliphatic rings. The van der Waals surface area contributed by atoms with Crippen molar-refractivity contribution in [3.63, 3.8) is 0 Å². The predicted octanol–water partition coefficient (Wildman–Crippen LogP) is 3.60. The van der Waals surface area contributed by atoms with Crippen LogP contribution in [-0.2, 0) is 0 Å². The van der Waals surface area contributed by atoms with E-state index in [4.69, 9.17) is 0 Å². The van der Waals surface area contributed by atoms with E-state index >= 15 is 0 Å². The Morgan fingerprint density at radius 3 is 2.68 bits per heavy atom. The number of para-hydroxylation sites is 1. The van der Waals surface area contributed by atoms with E-state index in [9.17, 15) is 0 Å². The Morgan fingerprint density at radius 1 is 1.32 bits per heavy atom. The molecule has 0 saturated carbocycles. The Kier molecular flexibility index (Phi) is 4.87. The summed E-state index contributed by atoms with van der Waals surface area (Å²) in [5, 5.41) is 3.73. The van der Waals surface area contributed by atoms with Gasteiger partial charge in [0.1, 0.15) is 0 Å². The summed E-state index contributed by atoms with van der Waals surface area (Å²) in [6.45, 7) is 11.4. The number of piperazine rings is 1. The molecule has 1 aromatic rings. The molecule has 0 bridgehead atoms. The zero-order valence-electron chi connectivity index (χ0n) is 12.8. The van der Waals surface area contributed by atoms with Crippen molar-refractivity contribution in [3.05, 3.63) is 29.8 Å². The van der Waals surface area contributed by atoms with Crippen molar-refractivity contribution in [3.8, 4) is 0 Å². The first kappa shape index (κ1) is 14.4. The molecule has 0 radical (unpaired) electrons. The molecule has 0 aromatic heterocycles. The lowest BCUT2D eigenvalue weighted by Crippen LogP contribution is -2.58. The average Bonchev–Trinajstić information content (AvgIpc) is 2.39. The van der Waals surface area contributed by atoms with E-state index in [1.54, 1.807) is 0 Å². The van der Waals surface area contributed by atoms with Crippen LogP contribution in [0, 0.1) is 12.8 Å². The predicted molar refractivity (Wildman–Crippen MR) is 83.8 cm³/mol. The van der Waals surface area contributed by atoms with Crippen LogP contribution in [0.2, 0.25) is 0 Å². The monoisotopic (exact) mass is 260 g/mol. The maximum atomic E-state index is 3.73. The van der Waals surface area contributed by atoms with E-state index in [0.717, 1.165) is 13.1 Å². The molecule has 2 atom stereocenters. The van der Waals surface area contributed by atoms with Gasteiger partial charge in [-0.1, -0.05) is 45.4 Å². The molecule has 2 nitrogen and oxygen atoms in total. The topological polar surface area (TPSA) is 15.3 Å². The van der Waals surface area contributed by atoms with Crippen LogP contribution < -0.4 is 10.2 Å². The minimum absolute atomic E-state index is 0.606. The van der Waals surface area contributed by atoms with Crippen LogP contribution in [0.25, 0.3) is 0 Å². The lowest BCUT2D eigenvalue weighted by molar-refractivity contribution is 0.327. The average molecular weight is 260 g/mol. The summed E-state index contributed by atoms with van der Waals surface area (Å²) >= 11 is 0. The van der Waals surface area contributed by atoms with Gasteiger partial charge in [0, 0.05) is 30.9 Å². The molecule has 2 unspecified atom stereocenters. The van der Waals surface area contributed by atoms with Crippen LogP contribution in [0.15, 0.2) is 24.3 Å². The lowest BCUT2D eigenvalue weighted by atomic mass is 9.95. The van der Waals surface area contributed by atoms with Crippen molar-refractivity contribution >= 4 is 5.69 Å². The van der Waals surface area contributed by atoms with Gasteiger partial charge in [-0.15, -0.1) is 0 Å². The molecule has 2 heteroatoms. The third-order valence-corrected chi connectivity index (χ3v) is 4.26. The minimum Gasteiger partial charge on any atom is -0.365 e. The van der Waals surface area contributed by atoms with Crippen LogP contribution in [0.1, 0.15) is 39.2 Å². The van der Waals surface area contributed by atoms with Gasteiger partial charge in [-0.25, -0.2) is 0 Å². The van der Waals surface area contributed by atoms with Crippen LogP contribution >= 0.6 is 0 Å². The van der Waals surface area contributed by atoms with Gasteiger partial charge in [-0.05, 0) is 30.9 Å². The number of rotatable bonds is 4. The number of anilines is 1. The van der Waals surface area contributed by atoms with Gasteiger partial charge in [0.15, 0.2) is 0 Å². The SMILES string of the molecule is CCCC1CN(c2ccccc2C)C(C(C)C)CN1.